The number of hydrogen-bond acceptors (Lipinski definition) is 2. The molecule has 0 fully saturated rings. The molecule has 0 saturated carbocycles. The van der Waals surface area contributed by atoms with E-state index in [1.807, 2.05) is 31.2 Å². The first kappa shape index (κ1) is 15.5. The zero-order chi connectivity index (χ0) is 15.2. The van der Waals surface area contributed by atoms with Crippen LogP contribution < -0.4 is 10.5 Å². The van der Waals surface area contributed by atoms with Crippen LogP contribution in [0, 0.1) is 12.7 Å². The summed E-state index contributed by atoms with van der Waals surface area (Å²) < 4.78 is 18.7. The van der Waals surface area contributed by atoms with Crippen LogP contribution in [0.15, 0.2) is 42.5 Å². The first-order valence-corrected chi connectivity index (χ1v) is 7.32. The van der Waals surface area contributed by atoms with Crippen molar-refractivity contribution in [1.29, 1.82) is 0 Å². The Kier molecular flexibility index (Phi) is 5.34. The summed E-state index contributed by atoms with van der Waals surface area (Å²) in [4.78, 5) is 0. The second-order valence-electron chi connectivity index (χ2n) is 5.24. The van der Waals surface area contributed by atoms with E-state index in [2.05, 4.69) is 13.0 Å². The molecule has 0 amide bonds. The third-order valence-corrected chi connectivity index (χ3v) is 3.58. The highest BCUT2D eigenvalue weighted by Gasteiger charge is 2.16. The maximum Gasteiger partial charge on any atom is 0.123 e. The van der Waals surface area contributed by atoms with Crippen molar-refractivity contribution >= 4 is 0 Å². The average molecular weight is 287 g/mol. The highest BCUT2D eigenvalue weighted by atomic mass is 19.1. The van der Waals surface area contributed by atoms with Crippen molar-refractivity contribution in [2.45, 2.75) is 26.2 Å². The molecule has 2 N–H and O–H groups in total. The van der Waals surface area contributed by atoms with Gasteiger partial charge in [0.15, 0.2) is 0 Å². The molecule has 0 aliphatic rings. The minimum absolute atomic E-state index is 0.164. The van der Waals surface area contributed by atoms with Gasteiger partial charge in [-0.15, -0.1) is 0 Å². The molecule has 0 aliphatic carbocycles. The minimum atomic E-state index is -0.214. The Bertz CT molecular complexity index is 580. The highest BCUT2D eigenvalue weighted by molar-refractivity contribution is 5.40. The Hall–Kier alpha value is -1.87. The lowest BCUT2D eigenvalue weighted by atomic mass is 9.90. The van der Waals surface area contributed by atoms with Gasteiger partial charge in [-0.25, -0.2) is 4.39 Å². The summed E-state index contributed by atoms with van der Waals surface area (Å²) >= 11 is 0. The quantitative estimate of drug-likeness (QED) is 0.876. The summed E-state index contributed by atoms with van der Waals surface area (Å²) in [6, 6.07) is 12.8. The Labute approximate surface area is 125 Å². The Balaban J connectivity index is 2.27. The lowest BCUT2D eigenvalue weighted by Crippen LogP contribution is -2.16. The fraction of sp³-hybridized carbons (Fsp3) is 0.333. The van der Waals surface area contributed by atoms with Crippen LogP contribution in [-0.4, -0.2) is 13.2 Å². The van der Waals surface area contributed by atoms with Gasteiger partial charge in [0, 0.05) is 5.92 Å². The standard InChI is InChI=1S/C18H22FNO/c1-3-21-18-9-4-13(2)10-17(18)15(12-20)11-14-5-7-16(19)8-6-14/h4-10,15H,3,11-12,20H2,1-2H3. The predicted molar refractivity (Wildman–Crippen MR) is 84.2 cm³/mol. The maximum atomic E-state index is 13.0. The molecule has 0 spiro atoms. The second kappa shape index (κ2) is 7.23. The van der Waals surface area contributed by atoms with Crippen LogP contribution in [0.25, 0.3) is 0 Å². The molecule has 0 aromatic heterocycles. The third-order valence-electron chi connectivity index (χ3n) is 3.58. The number of halogens is 1. The van der Waals surface area contributed by atoms with Crippen LogP contribution in [0.4, 0.5) is 4.39 Å². The summed E-state index contributed by atoms with van der Waals surface area (Å²) in [5, 5.41) is 0. The zero-order valence-corrected chi connectivity index (χ0v) is 12.6. The molecule has 0 bridgehead atoms. The fourth-order valence-corrected chi connectivity index (χ4v) is 2.50. The molecular formula is C18H22FNO. The molecule has 0 aliphatic heterocycles. The molecule has 3 heteroatoms. The lowest BCUT2D eigenvalue weighted by Gasteiger charge is -2.20. The maximum absolute atomic E-state index is 13.0. The lowest BCUT2D eigenvalue weighted by molar-refractivity contribution is 0.334. The first-order valence-electron chi connectivity index (χ1n) is 7.32. The smallest absolute Gasteiger partial charge is 0.123 e. The van der Waals surface area contributed by atoms with Crippen molar-refractivity contribution in [3.8, 4) is 5.75 Å². The van der Waals surface area contributed by atoms with Crippen LogP contribution in [-0.2, 0) is 6.42 Å². The normalized spacial score (nSPS) is 12.2. The van der Waals surface area contributed by atoms with Gasteiger partial charge >= 0.3 is 0 Å². The van der Waals surface area contributed by atoms with E-state index in [1.54, 1.807) is 0 Å². The largest absolute Gasteiger partial charge is 0.494 e. The van der Waals surface area contributed by atoms with Crippen LogP contribution in [0.1, 0.15) is 29.5 Å². The number of hydrogen-bond donors (Lipinski definition) is 1. The van der Waals surface area contributed by atoms with E-state index in [1.165, 1.54) is 17.7 Å². The number of ether oxygens (including phenoxy) is 1. The van der Waals surface area contributed by atoms with Gasteiger partial charge in [-0.3, -0.25) is 0 Å². The molecule has 2 aromatic carbocycles. The molecule has 0 saturated heterocycles. The Morgan fingerprint density at radius 3 is 2.48 bits per heavy atom. The third kappa shape index (κ3) is 4.05. The molecule has 0 heterocycles. The van der Waals surface area contributed by atoms with Crippen LogP contribution >= 0.6 is 0 Å². The topological polar surface area (TPSA) is 35.2 Å². The van der Waals surface area contributed by atoms with E-state index in [4.69, 9.17) is 10.5 Å². The Morgan fingerprint density at radius 2 is 1.86 bits per heavy atom. The molecule has 1 unspecified atom stereocenters. The van der Waals surface area contributed by atoms with Gasteiger partial charge in [-0.1, -0.05) is 29.8 Å². The molecule has 21 heavy (non-hydrogen) atoms. The van der Waals surface area contributed by atoms with E-state index in [0.29, 0.717) is 13.2 Å². The van der Waals surface area contributed by atoms with Gasteiger partial charge in [0.2, 0.25) is 0 Å². The first-order chi connectivity index (χ1) is 10.1. The van der Waals surface area contributed by atoms with E-state index >= 15 is 0 Å². The zero-order valence-electron chi connectivity index (χ0n) is 12.6. The number of nitrogens with two attached hydrogens (primary N) is 1. The van der Waals surface area contributed by atoms with Gasteiger partial charge in [0.05, 0.1) is 6.61 Å². The van der Waals surface area contributed by atoms with Crippen molar-refractivity contribution in [3.05, 3.63) is 65.0 Å². The average Bonchev–Trinajstić information content (AvgIpc) is 2.49. The Morgan fingerprint density at radius 1 is 1.14 bits per heavy atom. The van der Waals surface area contributed by atoms with Gasteiger partial charge in [-0.05, 0) is 56.1 Å². The second-order valence-corrected chi connectivity index (χ2v) is 5.24. The summed E-state index contributed by atoms with van der Waals surface area (Å²) in [5.74, 6) is 0.839. The molecular weight excluding hydrogens is 265 g/mol. The van der Waals surface area contributed by atoms with Gasteiger partial charge < -0.3 is 10.5 Å². The summed E-state index contributed by atoms with van der Waals surface area (Å²) in [6.45, 7) is 5.19. The summed E-state index contributed by atoms with van der Waals surface area (Å²) in [5.41, 5.74) is 9.36. The van der Waals surface area contributed by atoms with Crippen molar-refractivity contribution in [3.63, 3.8) is 0 Å². The molecule has 112 valence electrons. The SMILES string of the molecule is CCOc1ccc(C)cc1C(CN)Cc1ccc(F)cc1. The van der Waals surface area contributed by atoms with E-state index in [-0.39, 0.29) is 11.7 Å². The molecule has 1 atom stereocenters. The van der Waals surface area contributed by atoms with Crippen LogP contribution in [0.3, 0.4) is 0 Å². The van der Waals surface area contributed by atoms with Crippen molar-refractivity contribution in [2.75, 3.05) is 13.2 Å². The fourth-order valence-electron chi connectivity index (χ4n) is 2.50. The molecule has 0 radical (unpaired) electrons. The molecule has 2 rings (SSSR count). The van der Waals surface area contributed by atoms with E-state index in [0.717, 1.165) is 23.3 Å². The minimum Gasteiger partial charge on any atom is -0.494 e. The van der Waals surface area contributed by atoms with Crippen molar-refractivity contribution in [2.24, 2.45) is 5.73 Å². The monoisotopic (exact) mass is 287 g/mol. The number of benzene rings is 2. The molecule has 2 nitrogen and oxygen atoms in total. The van der Waals surface area contributed by atoms with Gasteiger partial charge in [-0.2, -0.15) is 0 Å². The summed E-state index contributed by atoms with van der Waals surface area (Å²) in [7, 11) is 0. The van der Waals surface area contributed by atoms with Gasteiger partial charge in [0.25, 0.3) is 0 Å². The highest BCUT2D eigenvalue weighted by Crippen LogP contribution is 2.30. The van der Waals surface area contributed by atoms with Gasteiger partial charge in [0.1, 0.15) is 11.6 Å². The van der Waals surface area contributed by atoms with Crippen molar-refractivity contribution in [1.82, 2.24) is 0 Å². The van der Waals surface area contributed by atoms with Crippen LogP contribution in [0.5, 0.6) is 5.75 Å². The van der Waals surface area contributed by atoms with E-state index < -0.39 is 0 Å². The number of rotatable bonds is 6. The summed E-state index contributed by atoms with van der Waals surface area (Å²) in [6.07, 6.45) is 0.778. The molecule has 2 aromatic rings. The van der Waals surface area contributed by atoms with E-state index in [9.17, 15) is 4.39 Å². The van der Waals surface area contributed by atoms with Crippen molar-refractivity contribution < 1.29 is 9.13 Å². The van der Waals surface area contributed by atoms with Crippen LogP contribution in [0.2, 0.25) is 0 Å². The number of aryl methyl sites for hydroxylation is 1. The predicted octanol–water partition coefficient (Wildman–Crippen LogP) is 3.82.